The van der Waals surface area contributed by atoms with Gasteiger partial charge in [-0.1, -0.05) is 12.8 Å². The molecule has 0 bridgehead atoms. The van der Waals surface area contributed by atoms with Gasteiger partial charge < -0.3 is 16.2 Å². The number of rotatable bonds is 5. The van der Waals surface area contributed by atoms with Gasteiger partial charge in [0.2, 0.25) is 0 Å². The van der Waals surface area contributed by atoms with Gasteiger partial charge in [0.25, 0.3) is 0 Å². The summed E-state index contributed by atoms with van der Waals surface area (Å²) in [5.74, 6) is -0.931. The smallest absolute Gasteiger partial charge is 0.321 e. The highest BCUT2D eigenvalue weighted by Gasteiger charge is 2.24. The van der Waals surface area contributed by atoms with E-state index in [1.54, 1.807) is 0 Å². The Labute approximate surface area is 95.0 Å². The van der Waals surface area contributed by atoms with Crippen molar-refractivity contribution in [2.45, 2.75) is 43.0 Å². The van der Waals surface area contributed by atoms with E-state index in [0.29, 0.717) is 17.8 Å². The van der Waals surface area contributed by atoms with E-state index in [9.17, 15) is 4.79 Å². The summed E-state index contributed by atoms with van der Waals surface area (Å²) in [4.78, 5) is 10.6. The number of thioether (sulfide) groups is 1. The normalized spacial score (nSPS) is 28.7. The first kappa shape index (κ1) is 12.8. The van der Waals surface area contributed by atoms with Crippen LogP contribution in [-0.4, -0.2) is 41.2 Å². The highest BCUT2D eigenvalue weighted by molar-refractivity contribution is 7.99. The second-order valence-corrected chi connectivity index (χ2v) is 5.09. The number of hydrogen-bond donors (Lipinski definition) is 3. The van der Waals surface area contributed by atoms with Gasteiger partial charge in [0, 0.05) is 17.8 Å². The molecule has 15 heavy (non-hydrogen) atoms. The molecule has 5 heteroatoms. The number of hydrogen-bond acceptors (Lipinski definition) is 4. The number of carboxylic acid groups (broad SMARTS) is 1. The Bertz CT molecular complexity index is 214. The van der Waals surface area contributed by atoms with Crippen LogP contribution in [0.5, 0.6) is 0 Å². The van der Waals surface area contributed by atoms with Crippen LogP contribution in [0.2, 0.25) is 0 Å². The van der Waals surface area contributed by atoms with Crippen molar-refractivity contribution >= 4 is 17.7 Å². The van der Waals surface area contributed by atoms with Crippen molar-refractivity contribution in [3.63, 3.8) is 0 Å². The van der Waals surface area contributed by atoms with E-state index in [0.717, 1.165) is 6.42 Å². The minimum absolute atomic E-state index is 0.372. The third-order valence-electron chi connectivity index (χ3n) is 2.92. The van der Waals surface area contributed by atoms with Crippen molar-refractivity contribution in [2.24, 2.45) is 5.73 Å². The molecule has 1 saturated carbocycles. The van der Waals surface area contributed by atoms with Crippen molar-refractivity contribution < 1.29 is 9.90 Å². The second kappa shape index (κ2) is 6.35. The van der Waals surface area contributed by atoms with Crippen molar-refractivity contribution in [2.75, 3.05) is 12.8 Å². The number of nitrogens with one attached hydrogen (secondary N) is 1. The number of nitrogens with two attached hydrogens (primary N) is 1. The summed E-state index contributed by atoms with van der Waals surface area (Å²) in [6.45, 7) is 0.372. The van der Waals surface area contributed by atoms with Crippen LogP contribution in [0.25, 0.3) is 0 Å². The van der Waals surface area contributed by atoms with E-state index in [1.165, 1.54) is 19.3 Å². The Hall–Kier alpha value is -0.260. The van der Waals surface area contributed by atoms with E-state index in [1.807, 2.05) is 11.8 Å². The van der Waals surface area contributed by atoms with Gasteiger partial charge in [0.15, 0.2) is 0 Å². The van der Waals surface area contributed by atoms with Crippen LogP contribution in [-0.2, 0) is 4.79 Å². The molecule has 0 aromatic carbocycles. The van der Waals surface area contributed by atoms with Crippen LogP contribution >= 0.6 is 11.8 Å². The molecule has 3 atom stereocenters. The molecule has 0 aromatic rings. The zero-order chi connectivity index (χ0) is 11.3. The molecule has 1 aliphatic carbocycles. The average Bonchev–Trinajstić information content (AvgIpc) is 2.26. The first-order chi connectivity index (χ1) is 7.15. The fourth-order valence-corrected chi connectivity index (χ4v) is 2.94. The lowest BCUT2D eigenvalue weighted by molar-refractivity contribution is -0.138. The van der Waals surface area contributed by atoms with Gasteiger partial charge in [-0.3, -0.25) is 4.79 Å². The molecule has 4 N–H and O–H groups in total. The lowest BCUT2D eigenvalue weighted by Gasteiger charge is -2.31. The largest absolute Gasteiger partial charge is 0.480 e. The van der Waals surface area contributed by atoms with Crippen molar-refractivity contribution in [3.8, 4) is 0 Å². The standard InChI is InChI=1S/C10H20N2O2S/c1-15-9-5-3-2-4-8(9)12-6-7(11)10(13)14/h7-9,12H,2-6,11H2,1H3,(H,13,14). The Morgan fingerprint density at radius 1 is 1.60 bits per heavy atom. The molecule has 0 aromatic heterocycles. The van der Waals surface area contributed by atoms with E-state index >= 15 is 0 Å². The summed E-state index contributed by atoms with van der Waals surface area (Å²) < 4.78 is 0. The minimum atomic E-state index is -0.931. The molecule has 0 amide bonds. The first-order valence-electron chi connectivity index (χ1n) is 5.39. The summed E-state index contributed by atoms with van der Waals surface area (Å²) in [6, 6.07) is -0.353. The van der Waals surface area contributed by atoms with Gasteiger partial charge >= 0.3 is 5.97 Å². The number of carboxylic acids is 1. The summed E-state index contributed by atoms with van der Waals surface area (Å²) in [5.41, 5.74) is 5.45. The van der Waals surface area contributed by atoms with Gasteiger partial charge in [-0.25, -0.2) is 0 Å². The highest BCUT2D eigenvalue weighted by atomic mass is 32.2. The second-order valence-electron chi connectivity index (χ2n) is 4.02. The van der Waals surface area contributed by atoms with Gasteiger partial charge in [0.05, 0.1) is 0 Å². The molecule has 1 aliphatic rings. The number of aliphatic carboxylic acids is 1. The molecule has 0 heterocycles. The molecule has 1 fully saturated rings. The van der Waals surface area contributed by atoms with Crippen molar-refractivity contribution in [3.05, 3.63) is 0 Å². The monoisotopic (exact) mass is 232 g/mol. The molecule has 3 unspecified atom stereocenters. The van der Waals surface area contributed by atoms with Gasteiger partial charge in [0.1, 0.15) is 6.04 Å². The van der Waals surface area contributed by atoms with Crippen LogP contribution in [0.4, 0.5) is 0 Å². The van der Waals surface area contributed by atoms with Gasteiger partial charge in [-0.15, -0.1) is 0 Å². The lowest BCUT2D eigenvalue weighted by Crippen LogP contribution is -2.48. The van der Waals surface area contributed by atoms with Crippen LogP contribution in [0.15, 0.2) is 0 Å². The molecule has 4 nitrogen and oxygen atoms in total. The Balaban J connectivity index is 2.32. The van der Waals surface area contributed by atoms with Crippen LogP contribution in [0.3, 0.4) is 0 Å². The Morgan fingerprint density at radius 2 is 2.27 bits per heavy atom. The summed E-state index contributed by atoms with van der Waals surface area (Å²) in [6.07, 6.45) is 6.99. The lowest BCUT2D eigenvalue weighted by atomic mass is 9.94. The van der Waals surface area contributed by atoms with Gasteiger partial charge in [-0.2, -0.15) is 11.8 Å². The van der Waals surface area contributed by atoms with E-state index in [4.69, 9.17) is 10.8 Å². The molecule has 0 aliphatic heterocycles. The van der Waals surface area contributed by atoms with Crippen molar-refractivity contribution in [1.29, 1.82) is 0 Å². The maximum absolute atomic E-state index is 10.6. The average molecular weight is 232 g/mol. The zero-order valence-electron chi connectivity index (χ0n) is 9.11. The SMILES string of the molecule is CSC1CCCCC1NCC(N)C(=O)O. The van der Waals surface area contributed by atoms with E-state index in [2.05, 4.69) is 11.6 Å². The maximum atomic E-state index is 10.6. The molecule has 0 radical (unpaired) electrons. The predicted molar refractivity (Wildman–Crippen MR) is 63.2 cm³/mol. The third-order valence-corrected chi connectivity index (χ3v) is 4.09. The molecule has 1 rings (SSSR count). The molecule has 88 valence electrons. The van der Waals surface area contributed by atoms with E-state index in [-0.39, 0.29) is 0 Å². The maximum Gasteiger partial charge on any atom is 0.321 e. The summed E-state index contributed by atoms with van der Waals surface area (Å²) >= 11 is 1.86. The van der Waals surface area contributed by atoms with Crippen LogP contribution < -0.4 is 11.1 Å². The highest BCUT2D eigenvalue weighted by Crippen LogP contribution is 2.26. The fourth-order valence-electron chi connectivity index (χ4n) is 1.98. The molecule has 0 saturated heterocycles. The summed E-state index contributed by atoms with van der Waals surface area (Å²) in [7, 11) is 0. The minimum Gasteiger partial charge on any atom is -0.480 e. The van der Waals surface area contributed by atoms with Crippen LogP contribution in [0, 0.1) is 0 Å². The molecule has 0 spiro atoms. The zero-order valence-corrected chi connectivity index (χ0v) is 9.93. The summed E-state index contributed by atoms with van der Waals surface area (Å²) in [5, 5.41) is 12.6. The molecular weight excluding hydrogens is 212 g/mol. The number of carbonyl (C=O) groups is 1. The fraction of sp³-hybridized carbons (Fsp3) is 0.900. The Morgan fingerprint density at radius 3 is 2.87 bits per heavy atom. The Kier molecular flexibility index (Phi) is 5.42. The van der Waals surface area contributed by atoms with E-state index < -0.39 is 12.0 Å². The van der Waals surface area contributed by atoms with Crippen molar-refractivity contribution in [1.82, 2.24) is 5.32 Å². The molecular formula is C10H20N2O2S. The van der Waals surface area contributed by atoms with Gasteiger partial charge in [-0.05, 0) is 19.1 Å². The predicted octanol–water partition coefficient (Wildman–Crippen LogP) is 0.662. The third kappa shape index (κ3) is 4.01. The quantitative estimate of drug-likeness (QED) is 0.649. The topological polar surface area (TPSA) is 75.3 Å². The first-order valence-corrected chi connectivity index (χ1v) is 6.68. The van der Waals surface area contributed by atoms with Crippen LogP contribution in [0.1, 0.15) is 25.7 Å².